The van der Waals surface area contributed by atoms with Gasteiger partial charge >= 0.3 is 0 Å². The van der Waals surface area contributed by atoms with Crippen molar-refractivity contribution < 1.29 is 9.21 Å². The molecule has 2 heterocycles. The number of aryl methyl sites for hydroxylation is 2. The van der Waals surface area contributed by atoms with Crippen molar-refractivity contribution in [2.24, 2.45) is 11.8 Å². The van der Waals surface area contributed by atoms with Crippen LogP contribution in [0.3, 0.4) is 0 Å². The minimum atomic E-state index is 0.00925. The lowest BCUT2D eigenvalue weighted by atomic mass is 9.88. The summed E-state index contributed by atoms with van der Waals surface area (Å²) in [6.45, 7) is 7.71. The van der Waals surface area contributed by atoms with Crippen molar-refractivity contribution in [1.29, 1.82) is 0 Å². The van der Waals surface area contributed by atoms with Gasteiger partial charge in [0.1, 0.15) is 6.26 Å². The number of nitrogens with zero attached hydrogens (tertiary/aromatic N) is 1. The van der Waals surface area contributed by atoms with Crippen LogP contribution >= 0.6 is 0 Å². The number of aromatic nitrogens is 1. The molecule has 1 atom stereocenters. The van der Waals surface area contributed by atoms with E-state index in [4.69, 9.17) is 4.42 Å². The number of nitrogens with one attached hydrogen (secondary N) is 2. The van der Waals surface area contributed by atoms with Gasteiger partial charge in [-0.05, 0) is 50.6 Å². The van der Waals surface area contributed by atoms with Crippen LogP contribution in [0.1, 0.15) is 18.2 Å². The zero-order chi connectivity index (χ0) is 15.7. The highest BCUT2D eigenvalue weighted by Gasteiger charge is 2.28. The van der Waals surface area contributed by atoms with Crippen molar-refractivity contribution in [3.63, 3.8) is 0 Å². The maximum absolute atomic E-state index is 12.3. The number of anilines is 1. The van der Waals surface area contributed by atoms with Crippen LogP contribution < -0.4 is 10.6 Å². The van der Waals surface area contributed by atoms with Crippen LogP contribution in [0.5, 0.6) is 0 Å². The van der Waals surface area contributed by atoms with Crippen molar-refractivity contribution in [2.45, 2.75) is 20.8 Å². The molecule has 116 valence electrons. The smallest absolute Gasteiger partial charge is 0.227 e. The standard InChI is InChI=1S/C17H21N3O2/c1-10-4-5-14(6-15(10)17-19-11(2)9-22-17)20-16(21)12(3)13-7-18-8-13/h4-6,9,12-13,18H,7-8H2,1-3H3,(H,20,21). The van der Waals surface area contributed by atoms with E-state index in [1.807, 2.05) is 39.0 Å². The SMILES string of the molecule is Cc1coc(-c2cc(NC(=O)C(C)C3CNC3)ccc2C)n1. The van der Waals surface area contributed by atoms with Crippen LogP contribution in [-0.2, 0) is 4.79 Å². The van der Waals surface area contributed by atoms with Gasteiger partial charge in [-0.25, -0.2) is 4.98 Å². The van der Waals surface area contributed by atoms with E-state index < -0.39 is 0 Å². The average Bonchev–Trinajstić information content (AvgIpc) is 2.85. The van der Waals surface area contributed by atoms with E-state index in [1.165, 1.54) is 0 Å². The molecule has 1 aromatic carbocycles. The zero-order valence-electron chi connectivity index (χ0n) is 13.1. The third-order valence-corrected chi connectivity index (χ3v) is 4.29. The third-order valence-electron chi connectivity index (χ3n) is 4.29. The first-order valence-corrected chi connectivity index (χ1v) is 7.59. The molecular weight excluding hydrogens is 278 g/mol. The van der Waals surface area contributed by atoms with Crippen LogP contribution in [-0.4, -0.2) is 24.0 Å². The molecule has 5 heteroatoms. The number of hydrogen-bond acceptors (Lipinski definition) is 4. The van der Waals surface area contributed by atoms with E-state index >= 15 is 0 Å². The fraction of sp³-hybridized carbons (Fsp3) is 0.412. The number of hydrogen-bond donors (Lipinski definition) is 2. The van der Waals surface area contributed by atoms with Gasteiger partial charge in [-0.3, -0.25) is 4.79 Å². The van der Waals surface area contributed by atoms with Crippen molar-refractivity contribution in [3.05, 3.63) is 35.7 Å². The zero-order valence-corrected chi connectivity index (χ0v) is 13.1. The molecule has 1 amide bonds. The third kappa shape index (κ3) is 2.90. The Hall–Kier alpha value is -2.14. The lowest BCUT2D eigenvalue weighted by molar-refractivity contribution is -0.121. The summed E-state index contributed by atoms with van der Waals surface area (Å²) in [6.07, 6.45) is 1.63. The Morgan fingerprint density at radius 2 is 2.18 bits per heavy atom. The molecule has 3 rings (SSSR count). The van der Waals surface area contributed by atoms with Crippen molar-refractivity contribution >= 4 is 11.6 Å². The first-order chi connectivity index (χ1) is 10.5. The molecule has 5 nitrogen and oxygen atoms in total. The van der Waals surface area contributed by atoms with Crippen LogP contribution in [0.2, 0.25) is 0 Å². The molecule has 2 N–H and O–H groups in total. The maximum Gasteiger partial charge on any atom is 0.227 e. The van der Waals surface area contributed by atoms with Gasteiger partial charge in [0.05, 0.1) is 5.69 Å². The largest absolute Gasteiger partial charge is 0.444 e. The number of amides is 1. The Morgan fingerprint density at radius 1 is 1.41 bits per heavy atom. The van der Waals surface area contributed by atoms with Gasteiger partial charge in [-0.1, -0.05) is 13.0 Å². The summed E-state index contributed by atoms with van der Waals surface area (Å²) in [4.78, 5) is 16.7. The molecule has 0 spiro atoms. The summed E-state index contributed by atoms with van der Waals surface area (Å²) in [7, 11) is 0. The van der Waals surface area contributed by atoms with E-state index in [2.05, 4.69) is 15.6 Å². The molecule has 1 fully saturated rings. The summed E-state index contributed by atoms with van der Waals surface area (Å²) >= 11 is 0. The van der Waals surface area contributed by atoms with Crippen LogP contribution in [0.4, 0.5) is 5.69 Å². The highest BCUT2D eigenvalue weighted by atomic mass is 16.3. The maximum atomic E-state index is 12.3. The Labute approximate surface area is 130 Å². The van der Waals surface area contributed by atoms with Crippen molar-refractivity contribution in [3.8, 4) is 11.5 Å². The van der Waals surface area contributed by atoms with Crippen LogP contribution in [0.15, 0.2) is 28.9 Å². The minimum Gasteiger partial charge on any atom is -0.444 e. The van der Waals surface area contributed by atoms with E-state index in [0.717, 1.165) is 35.6 Å². The summed E-state index contributed by atoms with van der Waals surface area (Å²) in [5.74, 6) is 1.08. The highest BCUT2D eigenvalue weighted by molar-refractivity contribution is 5.93. The molecule has 1 aliphatic rings. The predicted octanol–water partition coefficient (Wildman–Crippen LogP) is 2.75. The molecule has 1 aliphatic heterocycles. The van der Waals surface area contributed by atoms with Crippen LogP contribution in [0, 0.1) is 25.7 Å². The second-order valence-corrected chi connectivity index (χ2v) is 6.02. The molecule has 1 unspecified atom stereocenters. The van der Waals surface area contributed by atoms with E-state index in [-0.39, 0.29) is 11.8 Å². The Bertz CT molecular complexity index is 689. The van der Waals surface area contributed by atoms with Gasteiger partial charge in [0.2, 0.25) is 11.8 Å². The van der Waals surface area contributed by atoms with Crippen molar-refractivity contribution in [2.75, 3.05) is 18.4 Å². The van der Waals surface area contributed by atoms with E-state index in [1.54, 1.807) is 6.26 Å². The van der Waals surface area contributed by atoms with Crippen LogP contribution in [0.25, 0.3) is 11.5 Å². The molecule has 0 bridgehead atoms. The van der Waals surface area contributed by atoms with E-state index in [0.29, 0.717) is 11.8 Å². The molecule has 1 aromatic heterocycles. The Morgan fingerprint density at radius 3 is 2.77 bits per heavy atom. The van der Waals surface area contributed by atoms with E-state index in [9.17, 15) is 4.79 Å². The molecular formula is C17H21N3O2. The lowest BCUT2D eigenvalue weighted by Crippen LogP contribution is -2.48. The van der Waals surface area contributed by atoms with Crippen molar-refractivity contribution in [1.82, 2.24) is 10.3 Å². The normalized spacial score (nSPS) is 16.1. The van der Waals surface area contributed by atoms with Gasteiger partial charge < -0.3 is 15.1 Å². The number of benzene rings is 1. The second-order valence-electron chi connectivity index (χ2n) is 6.02. The van der Waals surface area contributed by atoms with Gasteiger partial charge in [-0.15, -0.1) is 0 Å². The first kappa shape index (κ1) is 14.8. The number of carbonyl (C=O) groups excluding carboxylic acids is 1. The summed E-state index contributed by atoms with van der Waals surface area (Å²) in [5, 5.41) is 6.20. The Balaban J connectivity index is 1.78. The second kappa shape index (κ2) is 5.93. The fourth-order valence-electron chi connectivity index (χ4n) is 2.54. The number of oxazole rings is 1. The van der Waals surface area contributed by atoms with Gasteiger partial charge in [0.25, 0.3) is 0 Å². The summed E-state index contributed by atoms with van der Waals surface area (Å²) in [6, 6.07) is 5.81. The van der Waals surface area contributed by atoms with Gasteiger partial charge in [0, 0.05) is 17.2 Å². The molecule has 22 heavy (non-hydrogen) atoms. The lowest BCUT2D eigenvalue weighted by Gasteiger charge is -2.31. The highest BCUT2D eigenvalue weighted by Crippen LogP contribution is 2.27. The molecule has 2 aromatic rings. The monoisotopic (exact) mass is 299 g/mol. The molecule has 0 radical (unpaired) electrons. The predicted molar refractivity (Wildman–Crippen MR) is 85.6 cm³/mol. The molecule has 0 saturated carbocycles. The summed E-state index contributed by atoms with van der Waals surface area (Å²) < 4.78 is 5.47. The number of carbonyl (C=O) groups is 1. The topological polar surface area (TPSA) is 67.2 Å². The minimum absolute atomic E-state index is 0.00925. The first-order valence-electron chi connectivity index (χ1n) is 7.59. The van der Waals surface area contributed by atoms with Gasteiger partial charge in [0.15, 0.2) is 0 Å². The van der Waals surface area contributed by atoms with Gasteiger partial charge in [-0.2, -0.15) is 0 Å². The fourth-order valence-corrected chi connectivity index (χ4v) is 2.54. The quantitative estimate of drug-likeness (QED) is 0.911. The molecule has 0 aliphatic carbocycles. The average molecular weight is 299 g/mol. The number of rotatable bonds is 4. The molecule has 1 saturated heterocycles. The summed E-state index contributed by atoms with van der Waals surface area (Å²) in [5.41, 5.74) is 3.59. The Kier molecular flexibility index (Phi) is 3.98.